The highest BCUT2D eigenvalue weighted by atomic mass is 32.2. The van der Waals surface area contributed by atoms with E-state index in [0.717, 1.165) is 47.0 Å². The number of ether oxygens (including phenoxy) is 1. The van der Waals surface area contributed by atoms with Crippen molar-refractivity contribution in [2.45, 2.75) is 44.2 Å². The maximum Gasteiger partial charge on any atom is 0.252 e. The molecule has 1 aliphatic heterocycles. The average Bonchev–Trinajstić information content (AvgIpc) is 3.25. The van der Waals surface area contributed by atoms with Gasteiger partial charge < -0.3 is 9.72 Å². The lowest BCUT2D eigenvalue weighted by molar-refractivity contribution is 0.0925. The third-order valence-corrected chi connectivity index (χ3v) is 7.58. The van der Waals surface area contributed by atoms with Gasteiger partial charge in [0.1, 0.15) is 5.82 Å². The minimum absolute atomic E-state index is 0.0175. The summed E-state index contributed by atoms with van der Waals surface area (Å²) in [7, 11) is -3.96. The van der Waals surface area contributed by atoms with Crippen LogP contribution in [-0.2, 0) is 21.3 Å². The first-order valence-electron chi connectivity index (χ1n) is 10.2. The quantitative estimate of drug-likeness (QED) is 0.629. The molecule has 1 aliphatic rings. The van der Waals surface area contributed by atoms with Crippen LogP contribution in [0.1, 0.15) is 29.5 Å². The number of sulfonamides is 1. The Bertz CT molecular complexity index is 1260. The number of nitrogens with zero attached hydrogens (tertiary/aromatic N) is 1. The van der Waals surface area contributed by atoms with Crippen LogP contribution in [0.4, 0.5) is 4.39 Å². The van der Waals surface area contributed by atoms with Crippen molar-refractivity contribution in [2.75, 3.05) is 13.2 Å². The van der Waals surface area contributed by atoms with E-state index in [-0.39, 0.29) is 29.6 Å². The largest absolute Gasteiger partial charge is 0.377 e. The van der Waals surface area contributed by atoms with Crippen molar-refractivity contribution in [1.29, 1.82) is 0 Å². The van der Waals surface area contributed by atoms with Gasteiger partial charge >= 0.3 is 0 Å². The van der Waals surface area contributed by atoms with Crippen LogP contribution in [0.5, 0.6) is 0 Å². The summed E-state index contributed by atoms with van der Waals surface area (Å²) in [5, 5.41) is 0.880. The molecule has 3 aromatic rings. The molecule has 6 nitrogen and oxygen atoms in total. The van der Waals surface area contributed by atoms with Crippen molar-refractivity contribution < 1.29 is 17.5 Å². The monoisotopic (exact) mass is 444 g/mol. The third-order valence-electron chi connectivity index (χ3n) is 5.75. The van der Waals surface area contributed by atoms with Crippen LogP contribution in [-0.4, -0.2) is 37.0 Å². The number of aromatic nitrogens is 1. The Hall–Kier alpha value is -2.55. The van der Waals surface area contributed by atoms with Crippen LogP contribution in [0.2, 0.25) is 0 Å². The van der Waals surface area contributed by atoms with Gasteiger partial charge in [0.15, 0.2) is 0 Å². The van der Waals surface area contributed by atoms with Gasteiger partial charge in [-0.05, 0) is 68.1 Å². The molecule has 0 amide bonds. The molecule has 0 spiro atoms. The summed E-state index contributed by atoms with van der Waals surface area (Å²) in [6.07, 6.45) is 1.38. The molecular formula is C23H25FN2O4S. The minimum atomic E-state index is -3.96. The zero-order valence-corrected chi connectivity index (χ0v) is 18.3. The molecule has 0 radical (unpaired) electrons. The van der Waals surface area contributed by atoms with Gasteiger partial charge in [-0.1, -0.05) is 12.1 Å². The predicted octanol–water partition coefficient (Wildman–Crippen LogP) is 3.65. The maximum absolute atomic E-state index is 13.4. The highest BCUT2D eigenvalue weighted by Gasteiger charge is 2.30. The van der Waals surface area contributed by atoms with E-state index >= 15 is 0 Å². The fourth-order valence-corrected chi connectivity index (χ4v) is 5.39. The summed E-state index contributed by atoms with van der Waals surface area (Å²) in [5.74, 6) is -0.513. The number of aromatic amines is 1. The predicted molar refractivity (Wildman–Crippen MR) is 117 cm³/mol. The second-order valence-corrected chi connectivity index (χ2v) is 9.94. The Morgan fingerprint density at radius 1 is 1.13 bits per heavy atom. The van der Waals surface area contributed by atoms with Crippen molar-refractivity contribution in [2.24, 2.45) is 0 Å². The van der Waals surface area contributed by atoms with Gasteiger partial charge in [-0.15, -0.1) is 0 Å². The first-order chi connectivity index (χ1) is 14.8. The van der Waals surface area contributed by atoms with Crippen molar-refractivity contribution >= 4 is 20.9 Å². The Balaban J connectivity index is 1.76. The molecule has 2 aromatic carbocycles. The van der Waals surface area contributed by atoms with E-state index in [1.165, 1.54) is 16.4 Å². The normalized spacial score (nSPS) is 17.0. The molecule has 2 heterocycles. The van der Waals surface area contributed by atoms with Gasteiger partial charge in [-0.2, -0.15) is 4.31 Å². The van der Waals surface area contributed by atoms with Crippen molar-refractivity contribution in [3.8, 4) is 0 Å². The summed E-state index contributed by atoms with van der Waals surface area (Å²) in [4.78, 5) is 15.7. The van der Waals surface area contributed by atoms with E-state index in [9.17, 15) is 17.6 Å². The number of nitrogens with one attached hydrogen (secondary N) is 1. The number of H-pyrrole nitrogens is 1. The summed E-state index contributed by atoms with van der Waals surface area (Å²) in [6, 6.07) is 10.4. The molecule has 1 saturated heterocycles. The van der Waals surface area contributed by atoms with Gasteiger partial charge in [0.05, 0.1) is 16.5 Å². The number of rotatable bonds is 6. The van der Waals surface area contributed by atoms with E-state index in [1.54, 1.807) is 6.07 Å². The lowest BCUT2D eigenvalue weighted by atomic mass is 10.0. The van der Waals surface area contributed by atoms with E-state index in [2.05, 4.69) is 4.98 Å². The van der Waals surface area contributed by atoms with Crippen LogP contribution in [0.3, 0.4) is 0 Å². The van der Waals surface area contributed by atoms with Crippen LogP contribution in [0, 0.1) is 19.7 Å². The lowest BCUT2D eigenvalue weighted by Crippen LogP contribution is -2.38. The van der Waals surface area contributed by atoms with E-state index in [4.69, 9.17) is 4.74 Å². The average molecular weight is 445 g/mol. The molecular weight excluding hydrogens is 419 g/mol. The van der Waals surface area contributed by atoms with Crippen LogP contribution in [0.25, 0.3) is 10.9 Å². The molecule has 0 aliphatic carbocycles. The fraction of sp³-hybridized carbons (Fsp3) is 0.348. The van der Waals surface area contributed by atoms with E-state index < -0.39 is 15.8 Å². The van der Waals surface area contributed by atoms with E-state index in [0.29, 0.717) is 12.2 Å². The van der Waals surface area contributed by atoms with Gasteiger partial charge in [0.2, 0.25) is 10.0 Å². The number of hydrogen-bond donors (Lipinski definition) is 1. The van der Waals surface area contributed by atoms with Crippen LogP contribution >= 0.6 is 0 Å². The van der Waals surface area contributed by atoms with E-state index in [1.807, 2.05) is 26.0 Å². The molecule has 31 heavy (non-hydrogen) atoms. The Morgan fingerprint density at radius 3 is 2.52 bits per heavy atom. The number of aryl methyl sites for hydroxylation is 2. The number of halogens is 1. The number of benzene rings is 2. The molecule has 1 fully saturated rings. The molecule has 4 rings (SSSR count). The van der Waals surface area contributed by atoms with Gasteiger partial charge in [-0.25, -0.2) is 12.8 Å². The standard InChI is InChI=1S/C23H25FN2O4S/c1-15-5-6-16(2)22-21(15)12-17(23(27)25-22)13-26(14-19-4-3-11-30-19)31(28,29)20-9-7-18(24)8-10-20/h5-10,12,19H,3-4,11,13-14H2,1-2H3,(H,25,27). The fourth-order valence-electron chi connectivity index (χ4n) is 3.94. The highest BCUT2D eigenvalue weighted by molar-refractivity contribution is 7.89. The lowest BCUT2D eigenvalue weighted by Gasteiger charge is -2.25. The Kier molecular flexibility index (Phi) is 5.96. The molecule has 1 aromatic heterocycles. The topological polar surface area (TPSA) is 79.5 Å². The van der Waals surface area contributed by atoms with Gasteiger partial charge in [0, 0.05) is 30.6 Å². The second-order valence-electron chi connectivity index (χ2n) is 8.00. The first kappa shape index (κ1) is 21.7. The molecule has 0 bridgehead atoms. The zero-order chi connectivity index (χ0) is 22.2. The molecule has 0 saturated carbocycles. The Labute approximate surface area is 180 Å². The molecule has 1 atom stereocenters. The summed E-state index contributed by atoms with van der Waals surface area (Å²) in [5.41, 5.74) is 2.71. The molecule has 1 unspecified atom stereocenters. The van der Waals surface area contributed by atoms with Gasteiger partial charge in [0.25, 0.3) is 5.56 Å². The van der Waals surface area contributed by atoms with Gasteiger partial charge in [-0.3, -0.25) is 4.79 Å². The Morgan fingerprint density at radius 2 is 1.84 bits per heavy atom. The van der Waals surface area contributed by atoms with Crippen molar-refractivity contribution in [3.05, 3.63) is 75.3 Å². The zero-order valence-electron chi connectivity index (χ0n) is 17.5. The molecule has 164 valence electrons. The first-order valence-corrected chi connectivity index (χ1v) is 11.7. The molecule has 1 N–H and O–H groups in total. The minimum Gasteiger partial charge on any atom is -0.377 e. The maximum atomic E-state index is 13.4. The second kappa shape index (κ2) is 8.53. The van der Waals surface area contributed by atoms with Crippen molar-refractivity contribution in [1.82, 2.24) is 9.29 Å². The van der Waals surface area contributed by atoms with Crippen LogP contribution < -0.4 is 5.56 Å². The summed E-state index contributed by atoms with van der Waals surface area (Å²) < 4.78 is 47.0. The number of pyridine rings is 1. The highest BCUT2D eigenvalue weighted by Crippen LogP contribution is 2.24. The molecule has 8 heteroatoms. The summed E-state index contributed by atoms with van der Waals surface area (Å²) >= 11 is 0. The smallest absolute Gasteiger partial charge is 0.252 e. The SMILES string of the molecule is Cc1ccc(C)c2[nH]c(=O)c(CN(CC3CCCO3)S(=O)(=O)c3ccc(F)cc3)cc12. The number of hydrogen-bond acceptors (Lipinski definition) is 4. The van der Waals surface area contributed by atoms with Crippen LogP contribution in [0.15, 0.2) is 52.2 Å². The summed E-state index contributed by atoms with van der Waals surface area (Å²) in [6.45, 7) is 4.48. The van der Waals surface area contributed by atoms with Crippen molar-refractivity contribution in [3.63, 3.8) is 0 Å². The third kappa shape index (κ3) is 4.42. The number of fused-ring (bicyclic) bond motifs is 1.